The van der Waals surface area contributed by atoms with E-state index in [-0.39, 0.29) is 5.91 Å². The molecule has 0 aromatic heterocycles. The fraction of sp³-hybridized carbons (Fsp3) is 0.263. The predicted octanol–water partition coefficient (Wildman–Crippen LogP) is 2.39. The summed E-state index contributed by atoms with van der Waals surface area (Å²) in [7, 11) is 0. The Morgan fingerprint density at radius 1 is 1.04 bits per heavy atom. The molecule has 0 spiro atoms. The number of nitrogens with zero attached hydrogens (tertiary/aromatic N) is 2. The topological polar surface area (TPSA) is 61.9 Å². The van der Waals surface area contributed by atoms with Gasteiger partial charge in [-0.05, 0) is 36.4 Å². The lowest BCUT2D eigenvalue weighted by Crippen LogP contribution is -2.55. The number of piperazine rings is 1. The number of fused-ring (bicyclic) bond motifs is 1. The van der Waals surface area contributed by atoms with Crippen molar-refractivity contribution >= 4 is 34.8 Å². The van der Waals surface area contributed by atoms with Gasteiger partial charge in [0, 0.05) is 36.9 Å². The largest absolute Gasteiger partial charge is 0.468 e. The molecule has 0 bridgehead atoms. The fourth-order valence-electron chi connectivity index (χ4n) is 3.22. The molecule has 1 fully saturated rings. The minimum absolute atomic E-state index is 0.298. The van der Waals surface area contributed by atoms with Gasteiger partial charge in [0.05, 0.1) is 5.69 Å². The van der Waals surface area contributed by atoms with Crippen molar-refractivity contribution in [2.45, 2.75) is 6.10 Å². The van der Waals surface area contributed by atoms with E-state index in [1.165, 1.54) is 0 Å². The average Bonchev–Trinajstić information content (AvgIpc) is 2.68. The van der Waals surface area contributed by atoms with E-state index in [9.17, 15) is 9.59 Å². The third-order valence-electron chi connectivity index (χ3n) is 4.64. The first-order chi connectivity index (χ1) is 12.6. The maximum Gasteiger partial charge on any atom is 0.275 e. The zero-order valence-electron chi connectivity index (χ0n) is 14.0. The van der Waals surface area contributed by atoms with Crippen LogP contribution in [0.3, 0.4) is 0 Å². The van der Waals surface area contributed by atoms with Crippen LogP contribution in [0.4, 0.5) is 11.4 Å². The Balaban J connectivity index is 1.41. The number of carbonyl (C=O) groups is 2. The van der Waals surface area contributed by atoms with Crippen molar-refractivity contribution in [1.29, 1.82) is 0 Å². The Bertz CT molecular complexity index is 832. The maximum absolute atomic E-state index is 12.8. The van der Waals surface area contributed by atoms with Crippen molar-refractivity contribution in [2.75, 3.05) is 36.4 Å². The Morgan fingerprint density at radius 2 is 1.73 bits per heavy atom. The lowest BCUT2D eigenvalue weighted by Gasteiger charge is -2.37. The fourth-order valence-corrected chi connectivity index (χ4v) is 3.34. The predicted molar refractivity (Wildman–Crippen MR) is 99.7 cm³/mol. The van der Waals surface area contributed by atoms with Gasteiger partial charge in [0.1, 0.15) is 5.75 Å². The van der Waals surface area contributed by atoms with Gasteiger partial charge in [0.2, 0.25) is 0 Å². The molecule has 2 heterocycles. The van der Waals surface area contributed by atoms with Gasteiger partial charge in [0.15, 0.2) is 0 Å². The van der Waals surface area contributed by atoms with Crippen molar-refractivity contribution in [3.8, 4) is 5.75 Å². The van der Waals surface area contributed by atoms with Crippen LogP contribution in [0.15, 0.2) is 48.5 Å². The van der Waals surface area contributed by atoms with Gasteiger partial charge in [-0.1, -0.05) is 23.7 Å². The van der Waals surface area contributed by atoms with Gasteiger partial charge in [-0.2, -0.15) is 0 Å². The molecule has 134 valence electrons. The number of carbonyl (C=O) groups excluding carboxylic acids is 2. The number of rotatable bonds is 2. The van der Waals surface area contributed by atoms with Crippen LogP contribution in [0, 0.1) is 0 Å². The number of nitrogens with one attached hydrogen (secondary N) is 1. The quantitative estimate of drug-likeness (QED) is 0.823. The summed E-state index contributed by atoms with van der Waals surface area (Å²) in [4.78, 5) is 28.9. The molecule has 6 nitrogen and oxygen atoms in total. The molecule has 0 aliphatic carbocycles. The molecule has 1 atom stereocenters. The monoisotopic (exact) mass is 371 g/mol. The maximum atomic E-state index is 12.8. The van der Waals surface area contributed by atoms with E-state index in [1.807, 2.05) is 30.3 Å². The second kappa shape index (κ2) is 6.88. The Labute approximate surface area is 156 Å². The number of hydrogen-bond acceptors (Lipinski definition) is 4. The third kappa shape index (κ3) is 3.20. The summed E-state index contributed by atoms with van der Waals surface area (Å²) < 4.78 is 5.65. The lowest BCUT2D eigenvalue weighted by atomic mass is 10.1. The van der Waals surface area contributed by atoms with Crippen LogP contribution in [-0.4, -0.2) is 49.0 Å². The minimum atomic E-state index is -1.13. The molecule has 4 rings (SSSR count). The molecule has 7 heteroatoms. The molecular weight excluding hydrogens is 354 g/mol. The van der Waals surface area contributed by atoms with Crippen molar-refractivity contribution in [1.82, 2.24) is 4.90 Å². The molecule has 1 saturated heterocycles. The Kier molecular flexibility index (Phi) is 4.42. The van der Waals surface area contributed by atoms with Gasteiger partial charge in [0.25, 0.3) is 17.9 Å². The van der Waals surface area contributed by atoms with Crippen molar-refractivity contribution in [2.24, 2.45) is 0 Å². The number of ether oxygens (including phenoxy) is 1. The zero-order valence-corrected chi connectivity index (χ0v) is 14.8. The standard InChI is InChI=1S/C19H18ClN3O3/c20-13-5-7-14(8-6-13)22-9-11-23(12-10-22)19(25)17-18(24)21-15-3-1-2-4-16(15)26-17/h1-8,17H,9-12H2,(H,21,24)/t17-/m0/s1. The summed E-state index contributed by atoms with van der Waals surface area (Å²) in [6.45, 7) is 2.46. The van der Waals surface area contributed by atoms with Crippen LogP contribution in [0.2, 0.25) is 5.02 Å². The Hall–Kier alpha value is -2.73. The molecule has 2 aromatic carbocycles. The van der Waals surface area contributed by atoms with E-state index in [0.717, 1.165) is 5.69 Å². The van der Waals surface area contributed by atoms with E-state index < -0.39 is 12.0 Å². The molecule has 26 heavy (non-hydrogen) atoms. The molecular formula is C19H18ClN3O3. The number of amides is 2. The van der Waals surface area contributed by atoms with Crippen LogP contribution in [0.25, 0.3) is 0 Å². The first-order valence-electron chi connectivity index (χ1n) is 8.48. The Morgan fingerprint density at radius 3 is 2.46 bits per heavy atom. The summed E-state index contributed by atoms with van der Waals surface area (Å²) >= 11 is 5.93. The molecule has 2 amide bonds. The van der Waals surface area contributed by atoms with Gasteiger partial charge in [-0.3, -0.25) is 9.59 Å². The SMILES string of the molecule is O=C1Nc2ccccc2O[C@@H]1C(=O)N1CCN(c2ccc(Cl)cc2)CC1. The normalized spacial score (nSPS) is 19.4. The number of hydrogen-bond donors (Lipinski definition) is 1. The summed E-state index contributed by atoms with van der Waals surface area (Å²) in [6, 6.07) is 14.7. The molecule has 2 aromatic rings. The summed E-state index contributed by atoms with van der Waals surface area (Å²) in [5.41, 5.74) is 1.66. The smallest absolute Gasteiger partial charge is 0.275 e. The second-order valence-electron chi connectivity index (χ2n) is 6.27. The molecule has 0 saturated carbocycles. The zero-order chi connectivity index (χ0) is 18.1. The van der Waals surface area contributed by atoms with Crippen LogP contribution in [-0.2, 0) is 9.59 Å². The van der Waals surface area contributed by atoms with Gasteiger partial charge in [-0.25, -0.2) is 0 Å². The highest BCUT2D eigenvalue weighted by Crippen LogP contribution is 2.29. The molecule has 2 aliphatic heterocycles. The molecule has 0 radical (unpaired) electrons. The highest BCUT2D eigenvalue weighted by Gasteiger charge is 2.37. The summed E-state index contributed by atoms with van der Waals surface area (Å²) in [6.07, 6.45) is -1.13. The van der Waals surface area contributed by atoms with Crippen LogP contribution in [0.1, 0.15) is 0 Å². The van der Waals surface area contributed by atoms with Crippen LogP contribution in [0.5, 0.6) is 5.75 Å². The van der Waals surface area contributed by atoms with Gasteiger partial charge < -0.3 is 19.9 Å². The van der Waals surface area contributed by atoms with Gasteiger partial charge in [-0.15, -0.1) is 0 Å². The molecule has 2 aliphatic rings. The van der Waals surface area contributed by atoms with Crippen LogP contribution >= 0.6 is 11.6 Å². The highest BCUT2D eigenvalue weighted by atomic mass is 35.5. The number of anilines is 2. The van der Waals surface area contributed by atoms with E-state index in [4.69, 9.17) is 16.3 Å². The molecule has 0 unspecified atom stereocenters. The van der Waals surface area contributed by atoms with Crippen molar-refractivity contribution in [3.63, 3.8) is 0 Å². The van der Waals surface area contributed by atoms with E-state index >= 15 is 0 Å². The number of halogens is 1. The lowest BCUT2D eigenvalue weighted by molar-refractivity contribution is -0.145. The van der Waals surface area contributed by atoms with Crippen LogP contribution < -0.4 is 15.0 Å². The molecule has 1 N–H and O–H groups in total. The van der Waals surface area contributed by atoms with E-state index in [1.54, 1.807) is 23.1 Å². The first kappa shape index (κ1) is 16.7. The van der Waals surface area contributed by atoms with E-state index in [2.05, 4.69) is 10.2 Å². The van der Waals surface area contributed by atoms with Crippen molar-refractivity contribution < 1.29 is 14.3 Å². The third-order valence-corrected chi connectivity index (χ3v) is 4.89. The average molecular weight is 372 g/mol. The second-order valence-corrected chi connectivity index (χ2v) is 6.71. The van der Waals surface area contributed by atoms with E-state index in [0.29, 0.717) is 42.6 Å². The highest BCUT2D eigenvalue weighted by molar-refractivity contribution is 6.30. The number of para-hydroxylation sites is 2. The summed E-state index contributed by atoms with van der Waals surface area (Å²) in [5, 5.41) is 3.43. The minimum Gasteiger partial charge on any atom is -0.468 e. The van der Waals surface area contributed by atoms with Gasteiger partial charge >= 0.3 is 0 Å². The first-order valence-corrected chi connectivity index (χ1v) is 8.85. The summed E-state index contributed by atoms with van der Waals surface area (Å²) in [5.74, 6) is -0.202. The number of benzene rings is 2. The van der Waals surface area contributed by atoms with Crippen molar-refractivity contribution in [3.05, 3.63) is 53.6 Å².